The van der Waals surface area contributed by atoms with Gasteiger partial charge in [0.1, 0.15) is 5.82 Å². The Morgan fingerprint density at radius 3 is 2.75 bits per heavy atom. The maximum atomic E-state index is 13.4. The number of thioether (sulfide) groups is 1. The van der Waals surface area contributed by atoms with Gasteiger partial charge in [-0.3, -0.25) is 4.79 Å². The van der Waals surface area contributed by atoms with Crippen molar-refractivity contribution < 1.29 is 9.18 Å². The second-order valence-corrected chi connectivity index (χ2v) is 6.05. The van der Waals surface area contributed by atoms with Crippen LogP contribution >= 0.6 is 27.7 Å². The van der Waals surface area contributed by atoms with Crippen molar-refractivity contribution in [2.45, 2.75) is 11.8 Å². The molecule has 0 heterocycles. The molecule has 1 N–H and O–H groups in total. The van der Waals surface area contributed by atoms with E-state index in [-0.39, 0.29) is 17.5 Å². The van der Waals surface area contributed by atoms with Gasteiger partial charge in [0.05, 0.1) is 5.75 Å². The third-order valence-electron chi connectivity index (χ3n) is 2.74. The molecule has 1 amide bonds. The number of carbonyl (C=O) groups excluding carboxylic acids is 1. The lowest BCUT2D eigenvalue weighted by atomic mass is 10.2. The highest BCUT2D eigenvalue weighted by Gasteiger charge is 2.08. The van der Waals surface area contributed by atoms with Gasteiger partial charge in [-0.05, 0) is 36.8 Å². The van der Waals surface area contributed by atoms with Gasteiger partial charge in [0, 0.05) is 15.1 Å². The van der Waals surface area contributed by atoms with Gasteiger partial charge in [0.15, 0.2) is 0 Å². The van der Waals surface area contributed by atoms with E-state index in [1.165, 1.54) is 17.8 Å². The van der Waals surface area contributed by atoms with Gasteiger partial charge in [0.25, 0.3) is 0 Å². The fourth-order valence-corrected chi connectivity index (χ4v) is 2.74. The molecule has 0 saturated heterocycles. The number of hydrogen-bond acceptors (Lipinski definition) is 2. The van der Waals surface area contributed by atoms with Crippen molar-refractivity contribution in [3.8, 4) is 0 Å². The molecule has 0 fully saturated rings. The molecule has 0 aliphatic rings. The first-order valence-electron chi connectivity index (χ1n) is 6.00. The molecule has 2 aromatic rings. The van der Waals surface area contributed by atoms with E-state index in [4.69, 9.17) is 0 Å². The predicted octanol–water partition coefficient (Wildman–Crippen LogP) is 4.63. The van der Waals surface area contributed by atoms with Crippen LogP contribution in [-0.4, -0.2) is 11.7 Å². The minimum atomic E-state index is -0.302. The largest absolute Gasteiger partial charge is 0.325 e. The van der Waals surface area contributed by atoms with Crippen molar-refractivity contribution in [1.82, 2.24) is 0 Å². The zero-order valence-electron chi connectivity index (χ0n) is 10.8. The highest BCUT2D eigenvalue weighted by atomic mass is 79.9. The van der Waals surface area contributed by atoms with Crippen LogP contribution in [0.3, 0.4) is 0 Å². The lowest BCUT2D eigenvalue weighted by molar-refractivity contribution is -0.113. The van der Waals surface area contributed by atoms with Gasteiger partial charge in [-0.2, -0.15) is 0 Å². The molecule has 0 saturated carbocycles. The molecule has 104 valence electrons. The second kappa shape index (κ2) is 6.90. The summed E-state index contributed by atoms with van der Waals surface area (Å²) in [7, 11) is 0. The predicted molar refractivity (Wildman–Crippen MR) is 84.6 cm³/mol. The van der Waals surface area contributed by atoms with E-state index in [1.807, 2.05) is 25.1 Å². The van der Waals surface area contributed by atoms with Gasteiger partial charge in [-0.1, -0.05) is 34.1 Å². The highest BCUT2D eigenvalue weighted by molar-refractivity contribution is 9.10. The third-order valence-corrected chi connectivity index (χ3v) is 4.64. The Hall–Kier alpha value is -1.33. The minimum absolute atomic E-state index is 0.153. The van der Waals surface area contributed by atoms with Crippen LogP contribution in [-0.2, 0) is 4.79 Å². The van der Waals surface area contributed by atoms with Gasteiger partial charge in [0.2, 0.25) is 5.91 Å². The standard InChI is InChI=1S/C15H13BrFNOS/c1-10-11(16)5-4-7-13(10)18-15(19)9-20-14-8-3-2-6-12(14)17/h2-8H,9H2,1H3,(H,18,19). The Balaban J connectivity index is 1.96. The number of hydrogen-bond donors (Lipinski definition) is 1. The van der Waals surface area contributed by atoms with Crippen LogP contribution in [0.25, 0.3) is 0 Å². The van der Waals surface area contributed by atoms with E-state index < -0.39 is 0 Å². The number of anilines is 1. The Morgan fingerprint density at radius 2 is 2.00 bits per heavy atom. The number of rotatable bonds is 4. The number of nitrogens with one attached hydrogen (secondary N) is 1. The molecule has 0 spiro atoms. The smallest absolute Gasteiger partial charge is 0.234 e. The first-order valence-corrected chi connectivity index (χ1v) is 7.78. The van der Waals surface area contributed by atoms with Gasteiger partial charge in [-0.25, -0.2) is 4.39 Å². The molecule has 0 unspecified atom stereocenters. The van der Waals surface area contributed by atoms with Crippen molar-refractivity contribution in [1.29, 1.82) is 0 Å². The summed E-state index contributed by atoms with van der Waals surface area (Å²) in [4.78, 5) is 12.4. The summed E-state index contributed by atoms with van der Waals surface area (Å²) in [5.74, 6) is -0.282. The van der Waals surface area contributed by atoms with Crippen LogP contribution in [0, 0.1) is 12.7 Å². The molecule has 2 rings (SSSR count). The lowest BCUT2D eigenvalue weighted by Crippen LogP contribution is -2.15. The summed E-state index contributed by atoms with van der Waals surface area (Å²) >= 11 is 4.60. The van der Waals surface area contributed by atoms with Crippen molar-refractivity contribution in [3.05, 3.63) is 58.3 Å². The van der Waals surface area contributed by atoms with Crippen molar-refractivity contribution >= 4 is 39.3 Å². The number of halogens is 2. The molecule has 5 heteroatoms. The Labute approximate surface area is 129 Å². The molecule has 0 atom stereocenters. The zero-order chi connectivity index (χ0) is 14.5. The Kier molecular flexibility index (Phi) is 5.20. The second-order valence-electron chi connectivity index (χ2n) is 4.18. The van der Waals surface area contributed by atoms with Crippen molar-refractivity contribution in [2.24, 2.45) is 0 Å². The maximum absolute atomic E-state index is 13.4. The fraction of sp³-hybridized carbons (Fsp3) is 0.133. The normalized spacial score (nSPS) is 10.3. The van der Waals surface area contributed by atoms with Gasteiger partial charge < -0.3 is 5.32 Å². The van der Waals surface area contributed by atoms with Crippen molar-refractivity contribution in [3.63, 3.8) is 0 Å². The molecular weight excluding hydrogens is 341 g/mol. The molecule has 2 nitrogen and oxygen atoms in total. The van der Waals surface area contributed by atoms with Crippen LogP contribution in [0.15, 0.2) is 51.8 Å². The molecule has 0 radical (unpaired) electrons. The first-order chi connectivity index (χ1) is 9.58. The first kappa shape index (κ1) is 15.1. The summed E-state index contributed by atoms with van der Waals surface area (Å²) < 4.78 is 14.4. The summed E-state index contributed by atoms with van der Waals surface area (Å²) in [6, 6.07) is 12.0. The van der Waals surface area contributed by atoms with E-state index in [9.17, 15) is 9.18 Å². The summed E-state index contributed by atoms with van der Waals surface area (Å²) in [6.45, 7) is 1.92. The number of carbonyl (C=O) groups is 1. The molecule has 0 aromatic heterocycles. The van der Waals surface area contributed by atoms with E-state index in [2.05, 4.69) is 21.2 Å². The van der Waals surface area contributed by atoms with Crippen LogP contribution < -0.4 is 5.32 Å². The SMILES string of the molecule is Cc1c(Br)cccc1NC(=O)CSc1ccccc1F. The van der Waals surface area contributed by atoms with E-state index in [0.717, 1.165) is 15.7 Å². The van der Waals surface area contributed by atoms with Crippen LogP contribution in [0.4, 0.5) is 10.1 Å². The van der Waals surface area contributed by atoms with Crippen LogP contribution in [0.1, 0.15) is 5.56 Å². The van der Waals surface area contributed by atoms with E-state index >= 15 is 0 Å². The summed E-state index contributed by atoms with van der Waals surface area (Å²) in [5.41, 5.74) is 1.73. The van der Waals surface area contributed by atoms with E-state index in [0.29, 0.717) is 4.90 Å². The molecule has 0 aliphatic carbocycles. The van der Waals surface area contributed by atoms with E-state index in [1.54, 1.807) is 18.2 Å². The lowest BCUT2D eigenvalue weighted by Gasteiger charge is -2.09. The molecule has 2 aromatic carbocycles. The third kappa shape index (κ3) is 3.84. The minimum Gasteiger partial charge on any atom is -0.325 e. The Bertz CT molecular complexity index is 633. The average Bonchev–Trinajstić information content (AvgIpc) is 2.43. The van der Waals surface area contributed by atoms with Crippen LogP contribution in [0.2, 0.25) is 0 Å². The highest BCUT2D eigenvalue weighted by Crippen LogP contribution is 2.25. The average molecular weight is 354 g/mol. The van der Waals surface area contributed by atoms with Crippen molar-refractivity contribution in [2.75, 3.05) is 11.1 Å². The maximum Gasteiger partial charge on any atom is 0.234 e. The number of benzene rings is 2. The van der Waals surface area contributed by atoms with Gasteiger partial charge in [-0.15, -0.1) is 11.8 Å². The van der Waals surface area contributed by atoms with Gasteiger partial charge >= 0.3 is 0 Å². The molecule has 0 aliphatic heterocycles. The molecular formula is C15H13BrFNOS. The number of amides is 1. The molecule has 0 bridgehead atoms. The van der Waals surface area contributed by atoms with Crippen LogP contribution in [0.5, 0.6) is 0 Å². The quantitative estimate of drug-likeness (QED) is 0.812. The monoisotopic (exact) mass is 353 g/mol. The Morgan fingerprint density at radius 1 is 1.25 bits per heavy atom. The zero-order valence-corrected chi connectivity index (χ0v) is 13.2. The summed E-state index contributed by atoms with van der Waals surface area (Å²) in [5, 5.41) is 2.83. The fourth-order valence-electron chi connectivity index (χ4n) is 1.63. The molecule has 20 heavy (non-hydrogen) atoms. The summed E-state index contributed by atoms with van der Waals surface area (Å²) in [6.07, 6.45) is 0. The topological polar surface area (TPSA) is 29.1 Å².